The highest BCUT2D eigenvalue weighted by Gasteiger charge is 2.29. The van der Waals surface area contributed by atoms with Gasteiger partial charge in [-0.05, 0) is 26.2 Å². The highest BCUT2D eigenvalue weighted by molar-refractivity contribution is 5.96. The van der Waals surface area contributed by atoms with Gasteiger partial charge in [-0.2, -0.15) is 0 Å². The van der Waals surface area contributed by atoms with Crippen LogP contribution in [0.3, 0.4) is 0 Å². The fraction of sp³-hybridized carbons (Fsp3) is 0.500. The third-order valence-electron chi connectivity index (χ3n) is 4.36. The number of esters is 1. The number of amides is 1. The predicted octanol–water partition coefficient (Wildman–Crippen LogP) is 1.88. The van der Waals surface area contributed by atoms with Gasteiger partial charge >= 0.3 is 5.97 Å². The van der Waals surface area contributed by atoms with Crippen molar-refractivity contribution in [3.8, 4) is 11.5 Å². The van der Waals surface area contributed by atoms with Crippen molar-refractivity contribution in [2.45, 2.75) is 32.2 Å². The second-order valence-corrected chi connectivity index (χ2v) is 5.99. The van der Waals surface area contributed by atoms with Gasteiger partial charge in [0.25, 0.3) is 11.6 Å². The first-order chi connectivity index (χ1) is 12.0. The van der Waals surface area contributed by atoms with Crippen LogP contribution in [-0.2, 0) is 9.53 Å². The molecule has 0 N–H and O–H groups in total. The van der Waals surface area contributed by atoms with Crippen LogP contribution in [0, 0.1) is 10.1 Å². The summed E-state index contributed by atoms with van der Waals surface area (Å²) in [7, 11) is 0. The molecule has 0 aliphatic carbocycles. The SMILES string of the molecule is CC1CCCCN1C(=O)COC(=O)c1cc2c(cc1[N+](=O)[O-])OCO2. The fourth-order valence-corrected chi connectivity index (χ4v) is 3.00. The zero-order valence-electron chi connectivity index (χ0n) is 13.7. The molecule has 2 aliphatic rings. The minimum absolute atomic E-state index is 0.0731. The fourth-order valence-electron chi connectivity index (χ4n) is 3.00. The average Bonchev–Trinajstić information content (AvgIpc) is 3.06. The van der Waals surface area contributed by atoms with E-state index in [2.05, 4.69) is 0 Å². The number of carbonyl (C=O) groups excluding carboxylic acids is 2. The van der Waals surface area contributed by atoms with Crippen LogP contribution in [-0.4, -0.2) is 47.7 Å². The summed E-state index contributed by atoms with van der Waals surface area (Å²) in [6.07, 6.45) is 2.89. The average molecular weight is 350 g/mol. The second-order valence-electron chi connectivity index (χ2n) is 5.99. The maximum Gasteiger partial charge on any atom is 0.345 e. The van der Waals surface area contributed by atoms with Crippen molar-refractivity contribution in [2.75, 3.05) is 19.9 Å². The van der Waals surface area contributed by atoms with Gasteiger partial charge in [-0.15, -0.1) is 0 Å². The van der Waals surface area contributed by atoms with E-state index in [1.165, 1.54) is 6.07 Å². The summed E-state index contributed by atoms with van der Waals surface area (Å²) in [6, 6.07) is 2.42. The van der Waals surface area contributed by atoms with Crippen LogP contribution in [0.2, 0.25) is 0 Å². The molecule has 0 saturated carbocycles. The molecule has 1 unspecified atom stereocenters. The molecule has 0 spiro atoms. The van der Waals surface area contributed by atoms with Crippen molar-refractivity contribution < 1.29 is 28.7 Å². The van der Waals surface area contributed by atoms with Crippen LogP contribution in [0.15, 0.2) is 12.1 Å². The number of ether oxygens (including phenoxy) is 3. The summed E-state index contributed by atoms with van der Waals surface area (Å²) >= 11 is 0. The van der Waals surface area contributed by atoms with E-state index in [0.29, 0.717) is 6.54 Å². The number of likely N-dealkylation sites (tertiary alicyclic amines) is 1. The third kappa shape index (κ3) is 3.49. The van der Waals surface area contributed by atoms with Gasteiger partial charge in [-0.3, -0.25) is 14.9 Å². The summed E-state index contributed by atoms with van der Waals surface area (Å²) in [6.45, 7) is 2.05. The summed E-state index contributed by atoms with van der Waals surface area (Å²) in [4.78, 5) is 36.6. The lowest BCUT2D eigenvalue weighted by Crippen LogP contribution is -2.44. The van der Waals surface area contributed by atoms with E-state index in [1.807, 2.05) is 6.92 Å². The quantitative estimate of drug-likeness (QED) is 0.463. The Kier molecular flexibility index (Phi) is 4.73. The van der Waals surface area contributed by atoms with E-state index in [4.69, 9.17) is 14.2 Å². The molecule has 2 aliphatic heterocycles. The molecule has 1 fully saturated rings. The molecule has 1 atom stereocenters. The number of piperidine rings is 1. The Morgan fingerprint density at radius 3 is 2.72 bits per heavy atom. The van der Waals surface area contributed by atoms with Crippen molar-refractivity contribution in [2.24, 2.45) is 0 Å². The van der Waals surface area contributed by atoms with Crippen LogP contribution in [0.5, 0.6) is 11.5 Å². The van der Waals surface area contributed by atoms with E-state index in [-0.39, 0.29) is 35.8 Å². The molecule has 9 nitrogen and oxygen atoms in total. The van der Waals surface area contributed by atoms with Gasteiger partial charge in [-0.1, -0.05) is 0 Å². The Hall–Kier alpha value is -2.84. The highest BCUT2D eigenvalue weighted by atomic mass is 16.7. The van der Waals surface area contributed by atoms with E-state index >= 15 is 0 Å². The van der Waals surface area contributed by atoms with Gasteiger partial charge in [0.2, 0.25) is 6.79 Å². The number of rotatable bonds is 4. The van der Waals surface area contributed by atoms with Crippen molar-refractivity contribution in [1.29, 1.82) is 0 Å². The number of nitrogens with zero attached hydrogens (tertiary/aromatic N) is 2. The number of fused-ring (bicyclic) bond motifs is 1. The highest BCUT2D eigenvalue weighted by Crippen LogP contribution is 2.38. The van der Waals surface area contributed by atoms with E-state index in [1.54, 1.807) is 4.90 Å². The molecule has 1 saturated heterocycles. The number of hydrogen-bond acceptors (Lipinski definition) is 7. The number of nitro benzene ring substituents is 1. The molecule has 0 radical (unpaired) electrons. The van der Waals surface area contributed by atoms with Crippen LogP contribution >= 0.6 is 0 Å². The molecule has 134 valence electrons. The number of nitro groups is 1. The molecule has 0 aromatic heterocycles. The maximum absolute atomic E-state index is 12.2. The Labute approximate surface area is 143 Å². The minimum atomic E-state index is -0.942. The lowest BCUT2D eigenvalue weighted by atomic mass is 10.0. The Balaban J connectivity index is 1.71. The zero-order chi connectivity index (χ0) is 18.0. The Morgan fingerprint density at radius 1 is 1.32 bits per heavy atom. The van der Waals surface area contributed by atoms with Gasteiger partial charge < -0.3 is 19.1 Å². The van der Waals surface area contributed by atoms with Gasteiger partial charge in [0.15, 0.2) is 18.1 Å². The molecule has 9 heteroatoms. The molecule has 1 amide bonds. The van der Waals surface area contributed by atoms with Crippen LogP contribution in [0.1, 0.15) is 36.5 Å². The first-order valence-corrected chi connectivity index (χ1v) is 8.02. The monoisotopic (exact) mass is 350 g/mol. The van der Waals surface area contributed by atoms with E-state index < -0.39 is 23.2 Å². The van der Waals surface area contributed by atoms with Crippen molar-refractivity contribution >= 4 is 17.6 Å². The molecular formula is C16H18N2O7. The number of carbonyl (C=O) groups is 2. The van der Waals surface area contributed by atoms with Gasteiger partial charge in [-0.25, -0.2) is 4.79 Å². The standard InChI is InChI=1S/C16H18N2O7/c1-10-4-2-3-5-17(10)15(19)8-23-16(20)11-6-13-14(25-9-24-13)7-12(11)18(21)22/h6-7,10H,2-5,8-9H2,1H3. The molecule has 1 aromatic rings. The van der Waals surface area contributed by atoms with Gasteiger partial charge in [0.1, 0.15) is 5.56 Å². The first-order valence-electron chi connectivity index (χ1n) is 8.02. The molecule has 1 aromatic carbocycles. The van der Waals surface area contributed by atoms with Crippen molar-refractivity contribution in [3.05, 3.63) is 27.8 Å². The lowest BCUT2D eigenvalue weighted by Gasteiger charge is -2.33. The van der Waals surface area contributed by atoms with Crippen LogP contribution < -0.4 is 9.47 Å². The topological polar surface area (TPSA) is 108 Å². The molecule has 3 rings (SSSR count). The molecule has 2 heterocycles. The largest absolute Gasteiger partial charge is 0.454 e. The summed E-state index contributed by atoms with van der Waals surface area (Å²) in [5, 5.41) is 11.2. The van der Waals surface area contributed by atoms with Crippen molar-refractivity contribution in [3.63, 3.8) is 0 Å². The maximum atomic E-state index is 12.2. The number of hydrogen-bond donors (Lipinski definition) is 0. The van der Waals surface area contributed by atoms with Crippen molar-refractivity contribution in [1.82, 2.24) is 4.90 Å². The number of benzene rings is 1. The summed E-state index contributed by atoms with van der Waals surface area (Å²) < 4.78 is 15.2. The van der Waals surface area contributed by atoms with E-state index in [0.717, 1.165) is 25.3 Å². The minimum Gasteiger partial charge on any atom is -0.454 e. The first kappa shape index (κ1) is 17.0. The summed E-state index contributed by atoms with van der Waals surface area (Å²) in [5.74, 6) is -0.818. The van der Waals surface area contributed by atoms with Crippen LogP contribution in [0.25, 0.3) is 0 Å². The second kappa shape index (κ2) is 6.96. The zero-order valence-corrected chi connectivity index (χ0v) is 13.7. The molecular weight excluding hydrogens is 332 g/mol. The predicted molar refractivity (Wildman–Crippen MR) is 84.5 cm³/mol. The smallest absolute Gasteiger partial charge is 0.345 e. The Morgan fingerprint density at radius 2 is 2.04 bits per heavy atom. The normalized spacial score (nSPS) is 18.8. The van der Waals surface area contributed by atoms with Gasteiger partial charge in [0, 0.05) is 18.7 Å². The molecule has 25 heavy (non-hydrogen) atoms. The lowest BCUT2D eigenvalue weighted by molar-refractivity contribution is -0.385. The van der Waals surface area contributed by atoms with Gasteiger partial charge in [0.05, 0.1) is 11.0 Å². The summed E-state index contributed by atoms with van der Waals surface area (Å²) in [5.41, 5.74) is -0.721. The van der Waals surface area contributed by atoms with E-state index in [9.17, 15) is 19.7 Å². The molecule has 0 bridgehead atoms. The Bertz CT molecular complexity index is 719. The third-order valence-corrected chi connectivity index (χ3v) is 4.36. The van der Waals surface area contributed by atoms with Crippen LogP contribution in [0.4, 0.5) is 5.69 Å².